The summed E-state index contributed by atoms with van der Waals surface area (Å²) in [4.78, 5) is 0. The highest BCUT2D eigenvalue weighted by Gasteiger charge is 2.29. The molecule has 0 bridgehead atoms. The van der Waals surface area contributed by atoms with Crippen molar-refractivity contribution in [3.8, 4) is 5.75 Å². The van der Waals surface area contributed by atoms with Gasteiger partial charge in [0, 0.05) is 0 Å². The van der Waals surface area contributed by atoms with Crippen molar-refractivity contribution < 1.29 is 4.74 Å². The van der Waals surface area contributed by atoms with Gasteiger partial charge in [-0.3, -0.25) is 0 Å². The summed E-state index contributed by atoms with van der Waals surface area (Å²) < 4.78 is 7.43. The first-order valence-corrected chi connectivity index (χ1v) is 9.35. The van der Waals surface area contributed by atoms with Crippen LogP contribution >= 0.6 is 15.9 Å². The molecule has 116 valence electrons. The zero-order valence-electron chi connectivity index (χ0n) is 12.7. The molecule has 1 N–H and O–H groups in total. The van der Waals surface area contributed by atoms with Crippen molar-refractivity contribution >= 4 is 21.6 Å². The van der Waals surface area contributed by atoms with Crippen molar-refractivity contribution in [2.75, 3.05) is 5.32 Å². The van der Waals surface area contributed by atoms with E-state index in [1.807, 2.05) is 0 Å². The van der Waals surface area contributed by atoms with Crippen molar-refractivity contribution in [3.05, 3.63) is 22.7 Å². The molecule has 2 aliphatic rings. The van der Waals surface area contributed by atoms with Gasteiger partial charge in [-0.25, -0.2) is 0 Å². The average Bonchev–Trinajstić information content (AvgIpc) is 2.48. The van der Waals surface area contributed by atoms with E-state index in [-0.39, 0.29) is 0 Å². The first-order valence-electron chi connectivity index (χ1n) is 8.56. The molecule has 2 atom stereocenters. The Balaban J connectivity index is 1.72. The topological polar surface area (TPSA) is 21.3 Å². The second kappa shape index (κ2) is 7.53. The Labute approximate surface area is 136 Å². The van der Waals surface area contributed by atoms with E-state index in [0.717, 1.165) is 15.9 Å². The van der Waals surface area contributed by atoms with Crippen molar-refractivity contribution in [2.24, 2.45) is 0 Å². The fraction of sp³-hybridized carbons (Fsp3) is 0.667. The van der Waals surface area contributed by atoms with Crippen LogP contribution in [0.25, 0.3) is 0 Å². The zero-order chi connectivity index (χ0) is 14.5. The van der Waals surface area contributed by atoms with Crippen molar-refractivity contribution in [2.45, 2.75) is 76.4 Å². The zero-order valence-corrected chi connectivity index (χ0v) is 14.3. The number of nitrogens with one attached hydrogen (secondary N) is 1. The molecule has 21 heavy (non-hydrogen) atoms. The molecule has 0 aromatic heterocycles. The van der Waals surface area contributed by atoms with E-state index in [1.54, 1.807) is 0 Å². The molecule has 1 aliphatic carbocycles. The number of fused-ring (bicyclic) bond motifs is 2. The highest BCUT2D eigenvalue weighted by atomic mass is 79.9. The van der Waals surface area contributed by atoms with Gasteiger partial charge >= 0.3 is 0 Å². The molecule has 0 spiro atoms. The van der Waals surface area contributed by atoms with Gasteiger partial charge in [-0.1, -0.05) is 51.0 Å². The lowest BCUT2D eigenvalue weighted by atomic mass is 9.94. The van der Waals surface area contributed by atoms with Gasteiger partial charge in [0.2, 0.25) is 0 Å². The second-order valence-electron chi connectivity index (χ2n) is 6.43. The van der Waals surface area contributed by atoms with Crippen LogP contribution in [0.5, 0.6) is 5.75 Å². The van der Waals surface area contributed by atoms with E-state index in [2.05, 4.69) is 39.4 Å². The number of benzene rings is 1. The molecule has 3 rings (SSSR count). The second-order valence-corrected chi connectivity index (χ2v) is 7.28. The van der Waals surface area contributed by atoms with Crippen molar-refractivity contribution in [1.82, 2.24) is 0 Å². The molecule has 1 aliphatic heterocycles. The third-order valence-electron chi connectivity index (χ3n) is 4.78. The number of halogens is 1. The van der Waals surface area contributed by atoms with Gasteiger partial charge in [0.1, 0.15) is 6.10 Å². The molecule has 2 unspecified atom stereocenters. The van der Waals surface area contributed by atoms with Crippen LogP contribution in [0.2, 0.25) is 0 Å². The van der Waals surface area contributed by atoms with E-state index in [4.69, 9.17) is 4.74 Å². The van der Waals surface area contributed by atoms with Gasteiger partial charge < -0.3 is 10.1 Å². The lowest BCUT2D eigenvalue weighted by Gasteiger charge is -2.36. The lowest BCUT2D eigenvalue weighted by molar-refractivity contribution is 0.147. The number of hydrogen-bond acceptors (Lipinski definition) is 2. The maximum Gasteiger partial charge on any atom is 0.157 e. The highest BCUT2D eigenvalue weighted by Crippen LogP contribution is 2.39. The van der Waals surface area contributed by atoms with Crippen molar-refractivity contribution in [1.29, 1.82) is 0 Å². The molecular weight excluding hydrogens is 326 g/mol. The van der Waals surface area contributed by atoms with Gasteiger partial charge in [-0.15, -0.1) is 0 Å². The van der Waals surface area contributed by atoms with E-state index in [1.165, 1.54) is 64.2 Å². The summed E-state index contributed by atoms with van der Waals surface area (Å²) in [5.41, 5.74) is 1.15. The van der Waals surface area contributed by atoms with Gasteiger partial charge in [0.15, 0.2) is 5.75 Å². The minimum Gasteiger partial charge on any atom is -0.485 e. The van der Waals surface area contributed by atoms with Gasteiger partial charge in [-0.05, 0) is 47.3 Å². The summed E-state index contributed by atoms with van der Waals surface area (Å²) in [5, 5.41) is 3.74. The largest absolute Gasteiger partial charge is 0.485 e. The molecule has 1 saturated carbocycles. The van der Waals surface area contributed by atoms with Gasteiger partial charge in [-0.2, -0.15) is 0 Å². The molecule has 1 aromatic carbocycles. The van der Waals surface area contributed by atoms with E-state index >= 15 is 0 Å². The van der Waals surface area contributed by atoms with Gasteiger partial charge in [0.05, 0.1) is 16.2 Å². The average molecular weight is 352 g/mol. The third kappa shape index (κ3) is 3.94. The van der Waals surface area contributed by atoms with Crippen LogP contribution in [0, 0.1) is 0 Å². The summed E-state index contributed by atoms with van der Waals surface area (Å²) in [6, 6.07) is 6.75. The predicted octanol–water partition coefficient (Wildman–Crippen LogP) is 5.91. The molecule has 0 amide bonds. The number of ether oxygens (including phenoxy) is 1. The maximum atomic E-state index is 6.36. The molecule has 1 aromatic rings. The van der Waals surface area contributed by atoms with Crippen molar-refractivity contribution in [3.63, 3.8) is 0 Å². The lowest BCUT2D eigenvalue weighted by Crippen LogP contribution is -2.41. The van der Waals surface area contributed by atoms with E-state index in [0.29, 0.717) is 12.1 Å². The van der Waals surface area contributed by atoms with Crippen LogP contribution in [0.15, 0.2) is 22.7 Å². The Morgan fingerprint density at radius 1 is 0.905 bits per heavy atom. The number of anilines is 1. The van der Waals surface area contributed by atoms with Crippen LogP contribution in [-0.2, 0) is 0 Å². The third-order valence-corrected chi connectivity index (χ3v) is 5.40. The Morgan fingerprint density at radius 3 is 2.33 bits per heavy atom. The molecule has 1 fully saturated rings. The first-order chi connectivity index (χ1) is 10.3. The number of rotatable bonds is 0. The first kappa shape index (κ1) is 15.2. The molecular formula is C18H26BrNO. The smallest absolute Gasteiger partial charge is 0.157 e. The molecule has 1 heterocycles. The van der Waals surface area contributed by atoms with Crippen LogP contribution in [0.4, 0.5) is 5.69 Å². The molecule has 0 saturated heterocycles. The highest BCUT2D eigenvalue weighted by molar-refractivity contribution is 9.10. The predicted molar refractivity (Wildman–Crippen MR) is 92.1 cm³/mol. The summed E-state index contributed by atoms with van der Waals surface area (Å²) in [6.07, 6.45) is 13.7. The Bertz CT molecular complexity index is 463. The Morgan fingerprint density at radius 2 is 1.57 bits per heavy atom. The SMILES string of the molecule is Brc1cccc2c1OC1CCCCCCCCCCC1N2. The summed E-state index contributed by atoms with van der Waals surface area (Å²) >= 11 is 3.62. The van der Waals surface area contributed by atoms with Crippen LogP contribution in [0.3, 0.4) is 0 Å². The van der Waals surface area contributed by atoms with E-state index in [9.17, 15) is 0 Å². The van der Waals surface area contributed by atoms with E-state index < -0.39 is 0 Å². The Kier molecular flexibility index (Phi) is 5.45. The van der Waals surface area contributed by atoms with Crippen LogP contribution in [-0.4, -0.2) is 12.1 Å². The van der Waals surface area contributed by atoms with Gasteiger partial charge in [0.25, 0.3) is 0 Å². The fourth-order valence-electron chi connectivity index (χ4n) is 3.56. The van der Waals surface area contributed by atoms with Crippen LogP contribution < -0.4 is 10.1 Å². The number of hydrogen-bond donors (Lipinski definition) is 1. The summed E-state index contributed by atoms with van der Waals surface area (Å²) in [5.74, 6) is 1.01. The Hall–Kier alpha value is -0.700. The quantitative estimate of drug-likeness (QED) is 0.627. The molecule has 3 heteroatoms. The number of para-hydroxylation sites is 1. The normalized spacial score (nSPS) is 27.1. The minimum absolute atomic E-state index is 0.329. The summed E-state index contributed by atoms with van der Waals surface area (Å²) in [7, 11) is 0. The molecule has 0 radical (unpaired) electrons. The van der Waals surface area contributed by atoms with Crippen LogP contribution in [0.1, 0.15) is 64.2 Å². The molecule has 2 nitrogen and oxygen atoms in total. The monoisotopic (exact) mass is 351 g/mol. The minimum atomic E-state index is 0.329. The summed E-state index contributed by atoms with van der Waals surface area (Å²) in [6.45, 7) is 0. The standard InChI is InChI=1S/C18H26BrNO/c19-14-10-9-12-16-18(14)21-17-13-8-6-4-2-1-3-5-7-11-15(17)20-16/h9-10,12,15,17,20H,1-8,11,13H2. The maximum absolute atomic E-state index is 6.36. The fourth-order valence-corrected chi connectivity index (χ4v) is 4.02.